The van der Waals surface area contributed by atoms with Crippen LogP contribution in [0.2, 0.25) is 0 Å². The van der Waals surface area contributed by atoms with Gasteiger partial charge in [-0.05, 0) is 30.5 Å². The van der Waals surface area contributed by atoms with Gasteiger partial charge >= 0.3 is 0 Å². The van der Waals surface area contributed by atoms with Crippen LogP contribution in [0.15, 0.2) is 48.8 Å². The van der Waals surface area contributed by atoms with Crippen molar-refractivity contribution in [2.45, 2.75) is 18.3 Å². The molecule has 3 nitrogen and oxygen atoms in total. The Kier molecular flexibility index (Phi) is 2.91. The molecule has 1 heterocycles. The Hall–Kier alpha value is -2.00. The van der Waals surface area contributed by atoms with E-state index < -0.39 is 0 Å². The number of nitrogens with two attached hydrogens (primary N) is 1. The van der Waals surface area contributed by atoms with Gasteiger partial charge in [-0.2, -0.15) is 0 Å². The van der Waals surface area contributed by atoms with Crippen molar-refractivity contribution < 1.29 is 4.79 Å². The van der Waals surface area contributed by atoms with Crippen molar-refractivity contribution in [3.8, 4) is 0 Å². The third kappa shape index (κ3) is 2.17. The lowest BCUT2D eigenvalue weighted by molar-refractivity contribution is 0.103. The van der Waals surface area contributed by atoms with E-state index in [2.05, 4.69) is 4.98 Å². The quantitative estimate of drug-likeness (QED) is 0.849. The number of carbonyl (C=O) groups is 1. The Labute approximate surface area is 112 Å². The summed E-state index contributed by atoms with van der Waals surface area (Å²) in [5.41, 5.74) is 8.56. The van der Waals surface area contributed by atoms with Gasteiger partial charge in [0.1, 0.15) is 0 Å². The SMILES string of the molecule is NCC1(c2ccc(C(=O)c3cccnc3)cc2)CC1. The van der Waals surface area contributed by atoms with Crippen molar-refractivity contribution in [1.29, 1.82) is 0 Å². The van der Waals surface area contributed by atoms with Gasteiger partial charge in [0, 0.05) is 35.5 Å². The van der Waals surface area contributed by atoms with E-state index in [0.717, 1.165) is 12.8 Å². The number of hydrogen-bond acceptors (Lipinski definition) is 3. The number of hydrogen-bond donors (Lipinski definition) is 1. The zero-order chi connectivity index (χ0) is 13.3. The summed E-state index contributed by atoms with van der Waals surface area (Å²) in [6.07, 6.45) is 5.56. The van der Waals surface area contributed by atoms with E-state index in [0.29, 0.717) is 17.7 Å². The molecule has 1 aromatic carbocycles. The van der Waals surface area contributed by atoms with Gasteiger partial charge < -0.3 is 5.73 Å². The highest BCUT2D eigenvalue weighted by molar-refractivity contribution is 6.08. The Bertz CT molecular complexity index is 586. The fraction of sp³-hybridized carbons (Fsp3) is 0.250. The molecule has 1 aromatic heterocycles. The normalized spacial score (nSPS) is 16.1. The van der Waals surface area contributed by atoms with Crippen LogP contribution in [-0.4, -0.2) is 17.3 Å². The van der Waals surface area contributed by atoms with Crippen LogP contribution in [0.25, 0.3) is 0 Å². The van der Waals surface area contributed by atoms with Gasteiger partial charge in [-0.1, -0.05) is 24.3 Å². The third-order valence-electron chi connectivity index (χ3n) is 3.93. The summed E-state index contributed by atoms with van der Waals surface area (Å²) < 4.78 is 0. The van der Waals surface area contributed by atoms with Gasteiger partial charge in [0.25, 0.3) is 0 Å². The minimum Gasteiger partial charge on any atom is -0.330 e. The summed E-state index contributed by atoms with van der Waals surface area (Å²) >= 11 is 0. The summed E-state index contributed by atoms with van der Waals surface area (Å²) in [6.45, 7) is 0.683. The molecule has 0 radical (unpaired) electrons. The monoisotopic (exact) mass is 252 g/mol. The minimum absolute atomic E-state index is 0.0113. The van der Waals surface area contributed by atoms with Crippen LogP contribution in [0.5, 0.6) is 0 Å². The lowest BCUT2D eigenvalue weighted by Gasteiger charge is -2.12. The van der Waals surface area contributed by atoms with E-state index in [1.807, 2.05) is 24.3 Å². The van der Waals surface area contributed by atoms with Crippen LogP contribution in [-0.2, 0) is 5.41 Å². The third-order valence-corrected chi connectivity index (χ3v) is 3.93. The molecule has 2 aromatic rings. The highest BCUT2D eigenvalue weighted by Gasteiger charge is 2.42. The van der Waals surface area contributed by atoms with E-state index in [-0.39, 0.29) is 11.2 Å². The fourth-order valence-electron chi connectivity index (χ4n) is 2.40. The Balaban J connectivity index is 1.85. The average molecular weight is 252 g/mol. The highest BCUT2D eigenvalue weighted by Crippen LogP contribution is 2.47. The molecule has 1 aliphatic rings. The second-order valence-corrected chi connectivity index (χ2v) is 5.13. The lowest BCUT2D eigenvalue weighted by Crippen LogP contribution is -2.19. The van der Waals surface area contributed by atoms with Gasteiger partial charge in [0.05, 0.1) is 0 Å². The number of rotatable bonds is 4. The van der Waals surface area contributed by atoms with Crippen LogP contribution in [0.4, 0.5) is 0 Å². The molecule has 1 fully saturated rings. The van der Waals surface area contributed by atoms with Crippen LogP contribution < -0.4 is 5.73 Å². The van der Waals surface area contributed by atoms with Gasteiger partial charge in [-0.25, -0.2) is 0 Å². The summed E-state index contributed by atoms with van der Waals surface area (Å²) in [5.74, 6) is 0.0113. The van der Waals surface area contributed by atoms with Crippen LogP contribution in [0.3, 0.4) is 0 Å². The number of benzene rings is 1. The maximum atomic E-state index is 12.2. The molecule has 3 heteroatoms. The number of pyridine rings is 1. The topological polar surface area (TPSA) is 56.0 Å². The maximum absolute atomic E-state index is 12.2. The summed E-state index contributed by atoms with van der Waals surface area (Å²) in [4.78, 5) is 16.2. The second kappa shape index (κ2) is 4.59. The predicted octanol–water partition coefficient (Wildman–Crippen LogP) is 2.30. The molecule has 1 aliphatic carbocycles. The van der Waals surface area contributed by atoms with Gasteiger partial charge in [0.2, 0.25) is 0 Å². The molecule has 0 unspecified atom stereocenters. The summed E-state index contributed by atoms with van der Waals surface area (Å²) in [5, 5.41) is 0. The molecule has 0 atom stereocenters. The zero-order valence-electron chi connectivity index (χ0n) is 10.7. The summed E-state index contributed by atoms with van der Waals surface area (Å²) in [6, 6.07) is 11.4. The molecule has 0 spiro atoms. The van der Waals surface area contributed by atoms with Crippen LogP contribution >= 0.6 is 0 Å². The van der Waals surface area contributed by atoms with Crippen LogP contribution in [0, 0.1) is 0 Å². The molecule has 1 saturated carbocycles. The van der Waals surface area contributed by atoms with Crippen molar-refractivity contribution in [3.63, 3.8) is 0 Å². The largest absolute Gasteiger partial charge is 0.330 e. The minimum atomic E-state index is 0.0113. The molecule has 2 N–H and O–H groups in total. The first-order valence-electron chi connectivity index (χ1n) is 6.50. The molecule has 0 aliphatic heterocycles. The first kappa shape index (κ1) is 12.1. The number of nitrogens with zero attached hydrogens (tertiary/aromatic N) is 1. The number of carbonyl (C=O) groups excluding carboxylic acids is 1. The predicted molar refractivity (Wildman–Crippen MR) is 74.1 cm³/mol. The Morgan fingerprint density at radius 3 is 2.42 bits per heavy atom. The zero-order valence-corrected chi connectivity index (χ0v) is 10.7. The van der Waals surface area contributed by atoms with Crippen molar-refractivity contribution in [1.82, 2.24) is 4.98 Å². The van der Waals surface area contributed by atoms with Crippen LogP contribution in [0.1, 0.15) is 34.3 Å². The maximum Gasteiger partial charge on any atom is 0.194 e. The second-order valence-electron chi connectivity index (χ2n) is 5.13. The molecular formula is C16H16N2O. The van der Waals surface area contributed by atoms with Crippen molar-refractivity contribution in [2.75, 3.05) is 6.54 Å². The Morgan fingerprint density at radius 1 is 1.16 bits per heavy atom. The lowest BCUT2D eigenvalue weighted by atomic mass is 9.94. The molecule has 0 bridgehead atoms. The smallest absolute Gasteiger partial charge is 0.194 e. The van der Waals surface area contributed by atoms with Gasteiger partial charge in [-0.3, -0.25) is 9.78 Å². The van der Waals surface area contributed by atoms with E-state index in [1.54, 1.807) is 24.5 Å². The standard InChI is InChI=1S/C16H16N2O/c17-11-16(7-8-16)14-5-3-12(4-6-14)15(19)13-2-1-9-18-10-13/h1-6,9-10H,7-8,11,17H2. The first-order chi connectivity index (χ1) is 9.25. The number of aromatic nitrogens is 1. The molecule has 0 saturated heterocycles. The Morgan fingerprint density at radius 2 is 1.89 bits per heavy atom. The molecule has 96 valence electrons. The van der Waals surface area contributed by atoms with Crippen molar-refractivity contribution >= 4 is 5.78 Å². The van der Waals surface area contributed by atoms with E-state index >= 15 is 0 Å². The molecule has 3 rings (SSSR count). The van der Waals surface area contributed by atoms with Gasteiger partial charge in [-0.15, -0.1) is 0 Å². The molecule has 19 heavy (non-hydrogen) atoms. The first-order valence-corrected chi connectivity index (χ1v) is 6.50. The fourth-order valence-corrected chi connectivity index (χ4v) is 2.40. The van der Waals surface area contributed by atoms with Crippen molar-refractivity contribution in [3.05, 3.63) is 65.5 Å². The number of ketones is 1. The van der Waals surface area contributed by atoms with E-state index in [4.69, 9.17) is 5.73 Å². The highest BCUT2D eigenvalue weighted by atomic mass is 16.1. The summed E-state index contributed by atoms with van der Waals surface area (Å²) in [7, 11) is 0. The van der Waals surface area contributed by atoms with E-state index in [1.165, 1.54) is 5.56 Å². The van der Waals surface area contributed by atoms with Gasteiger partial charge in [0.15, 0.2) is 5.78 Å². The average Bonchev–Trinajstić information content (AvgIpc) is 3.29. The molecule has 0 amide bonds. The van der Waals surface area contributed by atoms with E-state index in [9.17, 15) is 4.79 Å². The van der Waals surface area contributed by atoms with Crippen molar-refractivity contribution in [2.24, 2.45) is 5.73 Å². The molecular weight excluding hydrogens is 236 g/mol.